The molecule has 0 bridgehead atoms. The van der Waals surface area contributed by atoms with Crippen molar-refractivity contribution in [3.63, 3.8) is 0 Å². The third-order valence-electron chi connectivity index (χ3n) is 5.38. The number of nitrogens with one attached hydrogen (secondary N) is 1. The molecule has 0 saturated heterocycles. The van der Waals surface area contributed by atoms with Gasteiger partial charge in [-0.3, -0.25) is 4.90 Å². The third-order valence-corrected chi connectivity index (χ3v) is 5.38. The summed E-state index contributed by atoms with van der Waals surface area (Å²) in [4.78, 5) is 2.76. The Morgan fingerprint density at radius 1 is 1.19 bits per heavy atom. The molecule has 21 heavy (non-hydrogen) atoms. The Labute approximate surface area is 132 Å². The molecule has 3 heteroatoms. The Morgan fingerprint density at radius 2 is 1.90 bits per heavy atom. The number of rotatable bonds is 10. The van der Waals surface area contributed by atoms with Gasteiger partial charge in [-0.2, -0.15) is 0 Å². The Hall–Kier alpha value is -0.120. The third kappa shape index (κ3) is 5.54. The fourth-order valence-electron chi connectivity index (χ4n) is 4.18. The SMILES string of the molecule is CCCC1CCC(NC)C(N(CCOC)C(CC)CC)C1. The Kier molecular flexibility index (Phi) is 9.54. The van der Waals surface area contributed by atoms with Crippen molar-refractivity contribution >= 4 is 0 Å². The van der Waals surface area contributed by atoms with Gasteiger partial charge in [0, 0.05) is 31.8 Å². The first-order valence-electron chi connectivity index (χ1n) is 9.13. The topological polar surface area (TPSA) is 24.5 Å². The lowest BCUT2D eigenvalue weighted by molar-refractivity contribution is 0.0338. The van der Waals surface area contributed by atoms with E-state index in [9.17, 15) is 0 Å². The molecule has 0 aliphatic heterocycles. The molecule has 3 unspecified atom stereocenters. The highest BCUT2D eigenvalue weighted by atomic mass is 16.5. The van der Waals surface area contributed by atoms with Crippen LogP contribution in [-0.2, 0) is 4.74 Å². The maximum Gasteiger partial charge on any atom is 0.0589 e. The number of likely N-dealkylation sites (N-methyl/N-ethyl adjacent to an activating group) is 1. The lowest BCUT2D eigenvalue weighted by Gasteiger charge is -2.46. The Morgan fingerprint density at radius 3 is 2.43 bits per heavy atom. The van der Waals surface area contributed by atoms with Crippen molar-refractivity contribution in [3.8, 4) is 0 Å². The summed E-state index contributed by atoms with van der Waals surface area (Å²) in [5.41, 5.74) is 0. The lowest BCUT2D eigenvalue weighted by Crippen LogP contribution is -2.56. The smallest absolute Gasteiger partial charge is 0.0589 e. The predicted molar refractivity (Wildman–Crippen MR) is 91.8 cm³/mol. The fraction of sp³-hybridized carbons (Fsp3) is 1.00. The summed E-state index contributed by atoms with van der Waals surface area (Å²) in [5.74, 6) is 0.920. The maximum atomic E-state index is 5.38. The van der Waals surface area contributed by atoms with E-state index in [1.165, 1.54) is 44.9 Å². The highest BCUT2D eigenvalue weighted by Gasteiger charge is 2.35. The van der Waals surface area contributed by atoms with Crippen molar-refractivity contribution in [2.75, 3.05) is 27.3 Å². The Balaban J connectivity index is 2.81. The van der Waals surface area contributed by atoms with Crippen LogP contribution in [0.2, 0.25) is 0 Å². The van der Waals surface area contributed by atoms with Crippen LogP contribution < -0.4 is 5.32 Å². The minimum Gasteiger partial charge on any atom is -0.383 e. The van der Waals surface area contributed by atoms with Crippen molar-refractivity contribution < 1.29 is 4.74 Å². The van der Waals surface area contributed by atoms with Gasteiger partial charge in [0.2, 0.25) is 0 Å². The van der Waals surface area contributed by atoms with E-state index in [0.717, 1.165) is 19.1 Å². The minimum atomic E-state index is 0.649. The second-order valence-electron chi connectivity index (χ2n) is 6.63. The summed E-state index contributed by atoms with van der Waals surface area (Å²) in [6.07, 6.45) is 9.29. The summed E-state index contributed by atoms with van der Waals surface area (Å²) in [6, 6.07) is 2.03. The maximum absolute atomic E-state index is 5.38. The van der Waals surface area contributed by atoms with Gasteiger partial charge in [-0.25, -0.2) is 0 Å². The molecule has 126 valence electrons. The van der Waals surface area contributed by atoms with Crippen LogP contribution in [0.15, 0.2) is 0 Å². The summed E-state index contributed by atoms with van der Waals surface area (Å²) >= 11 is 0. The molecule has 0 spiro atoms. The first-order chi connectivity index (χ1) is 10.2. The van der Waals surface area contributed by atoms with Crippen molar-refractivity contribution in [1.82, 2.24) is 10.2 Å². The van der Waals surface area contributed by atoms with Gasteiger partial charge in [0.15, 0.2) is 0 Å². The van der Waals surface area contributed by atoms with Gasteiger partial charge in [-0.15, -0.1) is 0 Å². The van der Waals surface area contributed by atoms with Crippen LogP contribution >= 0.6 is 0 Å². The van der Waals surface area contributed by atoms with Gasteiger partial charge in [0.05, 0.1) is 6.61 Å². The van der Waals surface area contributed by atoms with Crippen molar-refractivity contribution in [3.05, 3.63) is 0 Å². The summed E-state index contributed by atoms with van der Waals surface area (Å²) in [5, 5.41) is 3.59. The normalized spacial score (nSPS) is 26.7. The van der Waals surface area contributed by atoms with Crippen LogP contribution in [0.3, 0.4) is 0 Å². The van der Waals surface area contributed by atoms with Crippen LogP contribution in [0.5, 0.6) is 0 Å². The molecule has 0 aromatic heterocycles. The zero-order valence-corrected chi connectivity index (χ0v) is 15.0. The van der Waals surface area contributed by atoms with Gasteiger partial charge in [0.1, 0.15) is 0 Å². The second-order valence-corrected chi connectivity index (χ2v) is 6.63. The molecule has 1 saturated carbocycles. The molecule has 0 radical (unpaired) electrons. The van der Waals surface area contributed by atoms with E-state index >= 15 is 0 Å². The minimum absolute atomic E-state index is 0.649. The molecule has 3 nitrogen and oxygen atoms in total. The molecule has 1 rings (SSSR count). The van der Waals surface area contributed by atoms with E-state index in [-0.39, 0.29) is 0 Å². The van der Waals surface area contributed by atoms with Crippen LogP contribution in [-0.4, -0.2) is 50.3 Å². The first kappa shape index (κ1) is 18.9. The highest BCUT2D eigenvalue weighted by molar-refractivity contribution is 4.92. The van der Waals surface area contributed by atoms with E-state index < -0.39 is 0 Å². The zero-order chi connectivity index (χ0) is 15.7. The molecule has 0 aromatic carbocycles. The van der Waals surface area contributed by atoms with Crippen molar-refractivity contribution in [2.45, 2.75) is 83.8 Å². The van der Waals surface area contributed by atoms with E-state index in [4.69, 9.17) is 4.74 Å². The molecule has 1 fully saturated rings. The monoisotopic (exact) mass is 298 g/mol. The standard InChI is InChI=1S/C18H38N2O/c1-6-9-15-10-11-17(19-4)18(14-15)20(12-13-21-5)16(7-2)8-3/h15-19H,6-14H2,1-5H3. The lowest BCUT2D eigenvalue weighted by atomic mass is 9.79. The number of hydrogen-bond donors (Lipinski definition) is 1. The molecule has 1 aliphatic carbocycles. The van der Waals surface area contributed by atoms with E-state index in [2.05, 4.69) is 38.0 Å². The molecular formula is C18H38N2O. The summed E-state index contributed by atoms with van der Waals surface area (Å²) in [6.45, 7) is 8.90. The highest BCUT2D eigenvalue weighted by Crippen LogP contribution is 2.32. The van der Waals surface area contributed by atoms with Crippen LogP contribution in [0.25, 0.3) is 0 Å². The van der Waals surface area contributed by atoms with Crippen LogP contribution in [0.1, 0.15) is 65.7 Å². The molecular weight excluding hydrogens is 260 g/mol. The molecule has 0 amide bonds. The van der Waals surface area contributed by atoms with Gasteiger partial charge >= 0.3 is 0 Å². The Bertz CT molecular complexity index is 256. The largest absolute Gasteiger partial charge is 0.383 e. The number of nitrogens with zero attached hydrogens (tertiary/aromatic N) is 1. The average Bonchev–Trinajstić information content (AvgIpc) is 2.52. The van der Waals surface area contributed by atoms with Gasteiger partial charge < -0.3 is 10.1 Å². The quantitative estimate of drug-likeness (QED) is 0.666. The summed E-state index contributed by atoms with van der Waals surface area (Å²) < 4.78 is 5.38. The van der Waals surface area contributed by atoms with Gasteiger partial charge in [0.25, 0.3) is 0 Å². The molecule has 1 aliphatic rings. The van der Waals surface area contributed by atoms with E-state index in [1.807, 2.05) is 7.11 Å². The van der Waals surface area contributed by atoms with Crippen molar-refractivity contribution in [2.24, 2.45) is 5.92 Å². The molecule has 0 aromatic rings. The predicted octanol–water partition coefficient (Wildman–Crippen LogP) is 3.68. The zero-order valence-electron chi connectivity index (χ0n) is 15.0. The number of hydrogen-bond acceptors (Lipinski definition) is 3. The van der Waals surface area contributed by atoms with Crippen LogP contribution in [0.4, 0.5) is 0 Å². The van der Waals surface area contributed by atoms with E-state index in [1.54, 1.807) is 0 Å². The van der Waals surface area contributed by atoms with Crippen LogP contribution in [0, 0.1) is 5.92 Å². The number of methoxy groups -OCH3 is 1. The second kappa shape index (κ2) is 10.6. The molecule has 3 atom stereocenters. The van der Waals surface area contributed by atoms with Gasteiger partial charge in [-0.1, -0.05) is 33.6 Å². The molecule has 0 heterocycles. The summed E-state index contributed by atoms with van der Waals surface area (Å²) in [7, 11) is 3.96. The average molecular weight is 299 g/mol. The van der Waals surface area contributed by atoms with E-state index in [0.29, 0.717) is 18.1 Å². The first-order valence-corrected chi connectivity index (χ1v) is 9.13. The number of ether oxygens (including phenoxy) is 1. The fourth-order valence-corrected chi connectivity index (χ4v) is 4.18. The van der Waals surface area contributed by atoms with Gasteiger partial charge in [-0.05, 0) is 45.1 Å². The van der Waals surface area contributed by atoms with Crippen molar-refractivity contribution in [1.29, 1.82) is 0 Å². The molecule has 1 N–H and O–H groups in total.